The van der Waals surface area contributed by atoms with Gasteiger partial charge in [-0.1, -0.05) is 0 Å². The molecule has 134 valence electrons. The third kappa shape index (κ3) is 13.7. The second-order valence-corrected chi connectivity index (χ2v) is 7.43. The van der Waals surface area contributed by atoms with Crippen LogP contribution in [0.3, 0.4) is 0 Å². The van der Waals surface area contributed by atoms with E-state index in [0.717, 1.165) is 0 Å². The van der Waals surface area contributed by atoms with E-state index < -0.39 is 23.3 Å². The van der Waals surface area contributed by atoms with E-state index >= 15 is 0 Å². The third-order valence-corrected chi connectivity index (χ3v) is 2.32. The van der Waals surface area contributed by atoms with Crippen LogP contribution in [-0.2, 0) is 19.1 Å². The van der Waals surface area contributed by atoms with Gasteiger partial charge in [0.1, 0.15) is 17.0 Å². The first-order valence-electron chi connectivity index (χ1n) is 7.69. The third-order valence-electron chi connectivity index (χ3n) is 2.32. The van der Waals surface area contributed by atoms with Crippen LogP contribution in [0.4, 0.5) is 4.79 Å². The summed E-state index contributed by atoms with van der Waals surface area (Å²) in [6.07, 6.45) is -0.530. The maximum atomic E-state index is 11.8. The quantitative estimate of drug-likeness (QED) is 0.716. The van der Waals surface area contributed by atoms with Crippen LogP contribution in [0.2, 0.25) is 0 Å². The minimum Gasteiger partial charge on any atom is -0.459 e. The molecule has 0 aromatic heterocycles. The minimum absolute atomic E-state index is 0.00709. The molecule has 1 N–H and O–H groups in total. The summed E-state index contributed by atoms with van der Waals surface area (Å²) in [7, 11) is 0. The van der Waals surface area contributed by atoms with E-state index in [4.69, 9.17) is 9.47 Å². The molecule has 1 amide bonds. The SMILES string of the molecule is CC(=O)CN(CCNC(=O)OC(C)(C)C)CC(=O)OC(C)(C)C. The number of nitrogens with one attached hydrogen (secondary N) is 1. The van der Waals surface area contributed by atoms with Gasteiger partial charge in [0.05, 0.1) is 13.1 Å². The summed E-state index contributed by atoms with van der Waals surface area (Å²) in [5.74, 6) is -0.471. The predicted molar refractivity (Wildman–Crippen MR) is 87.2 cm³/mol. The van der Waals surface area contributed by atoms with Crippen molar-refractivity contribution in [3.05, 3.63) is 0 Å². The largest absolute Gasteiger partial charge is 0.459 e. The van der Waals surface area contributed by atoms with Crippen LogP contribution in [0.5, 0.6) is 0 Å². The molecule has 7 nitrogen and oxygen atoms in total. The van der Waals surface area contributed by atoms with Crippen molar-refractivity contribution in [2.75, 3.05) is 26.2 Å². The van der Waals surface area contributed by atoms with Gasteiger partial charge in [-0.25, -0.2) is 4.79 Å². The molecule has 0 atom stereocenters. The number of Topliss-reactive ketones (excluding diaryl/α,β-unsaturated/α-hetero) is 1. The first-order chi connectivity index (χ1) is 10.3. The zero-order valence-corrected chi connectivity index (χ0v) is 15.3. The highest BCUT2D eigenvalue weighted by Crippen LogP contribution is 2.08. The molecule has 0 spiro atoms. The summed E-state index contributed by atoms with van der Waals surface area (Å²) in [6, 6.07) is 0. The van der Waals surface area contributed by atoms with Gasteiger partial charge in [0.25, 0.3) is 0 Å². The fourth-order valence-corrected chi connectivity index (χ4v) is 1.72. The summed E-state index contributed by atoms with van der Waals surface area (Å²) in [6.45, 7) is 12.8. The second-order valence-electron chi connectivity index (χ2n) is 7.43. The zero-order chi connectivity index (χ0) is 18.3. The Bertz CT molecular complexity index is 421. The average molecular weight is 330 g/mol. The number of alkyl carbamates (subject to hydrolysis) is 1. The van der Waals surface area contributed by atoms with Gasteiger partial charge < -0.3 is 14.8 Å². The molecule has 0 saturated carbocycles. The molecule has 0 fully saturated rings. The van der Waals surface area contributed by atoms with Gasteiger partial charge in [0.15, 0.2) is 0 Å². The molecule has 0 bridgehead atoms. The predicted octanol–water partition coefficient (Wildman–Crippen LogP) is 1.74. The number of ketones is 1. The van der Waals surface area contributed by atoms with E-state index in [9.17, 15) is 14.4 Å². The van der Waals surface area contributed by atoms with E-state index in [-0.39, 0.29) is 25.4 Å². The molecule has 0 rings (SSSR count). The van der Waals surface area contributed by atoms with Gasteiger partial charge in [-0.3, -0.25) is 14.5 Å². The van der Waals surface area contributed by atoms with Crippen molar-refractivity contribution in [2.24, 2.45) is 0 Å². The highest BCUT2D eigenvalue weighted by molar-refractivity contribution is 5.79. The maximum absolute atomic E-state index is 11.8. The Hall–Kier alpha value is -1.63. The number of carbonyl (C=O) groups is 3. The van der Waals surface area contributed by atoms with Crippen LogP contribution < -0.4 is 5.32 Å². The van der Waals surface area contributed by atoms with Crippen LogP contribution in [0.25, 0.3) is 0 Å². The van der Waals surface area contributed by atoms with Crippen molar-refractivity contribution >= 4 is 17.8 Å². The number of hydrogen-bond donors (Lipinski definition) is 1. The van der Waals surface area contributed by atoms with E-state index in [1.165, 1.54) is 6.92 Å². The van der Waals surface area contributed by atoms with Crippen molar-refractivity contribution in [1.29, 1.82) is 0 Å². The van der Waals surface area contributed by atoms with Crippen LogP contribution >= 0.6 is 0 Å². The van der Waals surface area contributed by atoms with Crippen molar-refractivity contribution in [3.63, 3.8) is 0 Å². The number of amides is 1. The Balaban J connectivity index is 4.38. The lowest BCUT2D eigenvalue weighted by atomic mass is 10.2. The maximum Gasteiger partial charge on any atom is 0.407 e. The molecule has 0 aliphatic rings. The fourth-order valence-electron chi connectivity index (χ4n) is 1.72. The van der Waals surface area contributed by atoms with Crippen molar-refractivity contribution in [3.8, 4) is 0 Å². The van der Waals surface area contributed by atoms with Crippen molar-refractivity contribution in [1.82, 2.24) is 10.2 Å². The summed E-state index contributed by atoms with van der Waals surface area (Å²) in [4.78, 5) is 36.3. The zero-order valence-electron chi connectivity index (χ0n) is 15.3. The number of rotatable bonds is 7. The molecule has 0 aromatic carbocycles. The molecular formula is C16H30N2O5. The molecule has 0 radical (unpaired) electrons. The van der Waals surface area contributed by atoms with Gasteiger partial charge in [0, 0.05) is 13.1 Å². The van der Waals surface area contributed by atoms with Crippen molar-refractivity contribution < 1.29 is 23.9 Å². The second kappa shape index (κ2) is 8.86. The Morgan fingerprint density at radius 2 is 1.43 bits per heavy atom. The highest BCUT2D eigenvalue weighted by Gasteiger charge is 2.20. The van der Waals surface area contributed by atoms with Crippen LogP contribution in [-0.4, -0.2) is 60.1 Å². The number of hydrogen-bond acceptors (Lipinski definition) is 6. The monoisotopic (exact) mass is 330 g/mol. The van der Waals surface area contributed by atoms with Crippen LogP contribution in [0, 0.1) is 0 Å². The number of carbonyl (C=O) groups excluding carboxylic acids is 3. The lowest BCUT2D eigenvalue weighted by molar-refractivity contribution is -0.156. The number of nitrogens with zero attached hydrogens (tertiary/aromatic N) is 1. The molecule has 0 heterocycles. The summed E-state index contributed by atoms with van der Waals surface area (Å²) >= 11 is 0. The van der Waals surface area contributed by atoms with Crippen LogP contribution in [0.15, 0.2) is 0 Å². The number of esters is 1. The van der Waals surface area contributed by atoms with Gasteiger partial charge in [0.2, 0.25) is 0 Å². The lowest BCUT2D eigenvalue weighted by Crippen LogP contribution is -2.42. The lowest BCUT2D eigenvalue weighted by Gasteiger charge is -2.24. The smallest absolute Gasteiger partial charge is 0.407 e. The molecule has 0 aliphatic carbocycles. The average Bonchev–Trinajstić information content (AvgIpc) is 2.21. The van der Waals surface area contributed by atoms with Gasteiger partial charge >= 0.3 is 12.1 Å². The van der Waals surface area contributed by atoms with E-state index in [2.05, 4.69) is 5.32 Å². The minimum atomic E-state index is -0.576. The standard InChI is InChI=1S/C16H30N2O5/c1-12(19)10-18(11-13(20)22-15(2,3)4)9-8-17-14(21)23-16(5,6)7/h8-11H2,1-7H3,(H,17,21). The summed E-state index contributed by atoms with van der Waals surface area (Å²) in [5, 5.41) is 2.60. The molecule has 23 heavy (non-hydrogen) atoms. The molecular weight excluding hydrogens is 300 g/mol. The van der Waals surface area contributed by atoms with Crippen LogP contribution in [0.1, 0.15) is 48.5 Å². The normalized spacial score (nSPS) is 12.0. The Labute approximate surface area is 138 Å². The first-order valence-corrected chi connectivity index (χ1v) is 7.69. The van der Waals surface area contributed by atoms with Gasteiger partial charge in [-0.05, 0) is 48.5 Å². The Morgan fingerprint density at radius 1 is 0.913 bits per heavy atom. The molecule has 0 saturated heterocycles. The fraction of sp³-hybridized carbons (Fsp3) is 0.812. The summed E-state index contributed by atoms with van der Waals surface area (Å²) < 4.78 is 10.4. The van der Waals surface area contributed by atoms with Crippen molar-refractivity contribution in [2.45, 2.75) is 59.7 Å². The van der Waals surface area contributed by atoms with E-state index in [1.807, 2.05) is 0 Å². The topological polar surface area (TPSA) is 84.9 Å². The summed E-state index contributed by atoms with van der Waals surface area (Å²) in [5.41, 5.74) is -1.15. The van der Waals surface area contributed by atoms with Gasteiger partial charge in [-0.2, -0.15) is 0 Å². The Kier molecular flexibility index (Phi) is 8.23. The molecule has 0 aromatic rings. The molecule has 0 unspecified atom stereocenters. The Morgan fingerprint density at radius 3 is 1.87 bits per heavy atom. The molecule has 0 aliphatic heterocycles. The van der Waals surface area contributed by atoms with E-state index in [1.54, 1.807) is 46.4 Å². The molecule has 7 heteroatoms. The first kappa shape index (κ1) is 21.4. The van der Waals surface area contributed by atoms with Gasteiger partial charge in [-0.15, -0.1) is 0 Å². The highest BCUT2D eigenvalue weighted by atomic mass is 16.6. The van der Waals surface area contributed by atoms with E-state index in [0.29, 0.717) is 6.54 Å². The number of ether oxygens (including phenoxy) is 2.